The Labute approximate surface area is 177 Å². The molecule has 1 aliphatic heterocycles. The average molecular weight is 421 g/mol. The molecule has 1 N–H and O–H groups in total. The molecule has 1 saturated heterocycles. The van der Waals surface area contributed by atoms with Gasteiger partial charge in [0, 0.05) is 37.0 Å². The van der Waals surface area contributed by atoms with Crippen LogP contribution in [0.3, 0.4) is 0 Å². The topological polar surface area (TPSA) is 120 Å². The minimum Gasteiger partial charge on any atom is -0.495 e. The third kappa shape index (κ3) is 4.08. The minimum absolute atomic E-state index is 0.0196. The van der Waals surface area contributed by atoms with Crippen molar-refractivity contribution in [2.75, 3.05) is 23.9 Å². The zero-order chi connectivity index (χ0) is 22.0. The molecule has 0 bridgehead atoms. The predicted molar refractivity (Wildman–Crippen MR) is 113 cm³/mol. The van der Waals surface area contributed by atoms with Gasteiger partial charge in [0.2, 0.25) is 5.91 Å². The highest BCUT2D eigenvalue weighted by Crippen LogP contribution is 2.34. The molecule has 3 aromatic rings. The Morgan fingerprint density at radius 2 is 2.00 bits per heavy atom. The van der Waals surface area contributed by atoms with E-state index in [2.05, 4.69) is 10.4 Å². The molecule has 2 amide bonds. The highest BCUT2D eigenvalue weighted by molar-refractivity contribution is 6.05. The van der Waals surface area contributed by atoms with Crippen molar-refractivity contribution in [2.24, 2.45) is 0 Å². The summed E-state index contributed by atoms with van der Waals surface area (Å²) >= 11 is 0. The van der Waals surface area contributed by atoms with E-state index in [4.69, 9.17) is 4.74 Å². The van der Waals surface area contributed by atoms with Gasteiger partial charge >= 0.3 is 0 Å². The third-order valence-electron chi connectivity index (χ3n) is 4.97. The lowest BCUT2D eigenvalue weighted by atomic mass is 10.2. The number of hydrogen-bond donors (Lipinski definition) is 1. The quantitative estimate of drug-likeness (QED) is 0.482. The van der Waals surface area contributed by atoms with Gasteiger partial charge in [-0.15, -0.1) is 0 Å². The summed E-state index contributed by atoms with van der Waals surface area (Å²) in [5, 5.41) is 17.7. The fourth-order valence-electron chi connectivity index (χ4n) is 3.39. The Bertz CT molecular complexity index is 1160. The molecule has 0 aliphatic carbocycles. The van der Waals surface area contributed by atoms with E-state index in [9.17, 15) is 19.7 Å². The average Bonchev–Trinajstić information content (AvgIpc) is 3.43. The molecule has 2 aromatic carbocycles. The largest absolute Gasteiger partial charge is 0.495 e. The lowest BCUT2D eigenvalue weighted by Gasteiger charge is -2.20. The minimum atomic E-state index is -0.482. The molecular weight excluding hydrogens is 402 g/mol. The van der Waals surface area contributed by atoms with Crippen molar-refractivity contribution in [1.29, 1.82) is 0 Å². The monoisotopic (exact) mass is 421 g/mol. The molecule has 1 fully saturated rings. The second-order valence-electron chi connectivity index (χ2n) is 6.94. The predicted octanol–water partition coefficient (Wildman–Crippen LogP) is 3.17. The molecule has 10 heteroatoms. The summed E-state index contributed by atoms with van der Waals surface area (Å²) in [4.78, 5) is 36.8. The first kappa shape index (κ1) is 20.1. The van der Waals surface area contributed by atoms with Crippen LogP contribution in [0.25, 0.3) is 5.69 Å². The molecule has 0 atom stereocenters. The number of aromatic nitrogens is 2. The van der Waals surface area contributed by atoms with Gasteiger partial charge in [-0.25, -0.2) is 4.68 Å². The molecule has 0 spiro atoms. The standard InChI is InChI=1S/C21H19N5O5/c1-31-19-9-4-15(11-18(19)24-10-2-3-20(24)27)23-21(28)14-12-22-25(13-14)16-5-7-17(8-6-16)26(29)30/h4-9,11-13H,2-3,10H2,1H3,(H,23,28). The zero-order valence-corrected chi connectivity index (χ0v) is 16.6. The van der Waals surface area contributed by atoms with Gasteiger partial charge in [0.25, 0.3) is 11.6 Å². The van der Waals surface area contributed by atoms with Crippen molar-refractivity contribution < 1.29 is 19.2 Å². The number of ether oxygens (including phenoxy) is 1. The molecule has 31 heavy (non-hydrogen) atoms. The van der Waals surface area contributed by atoms with Crippen molar-refractivity contribution in [3.63, 3.8) is 0 Å². The normalized spacial score (nSPS) is 13.3. The van der Waals surface area contributed by atoms with Crippen LogP contribution in [0.2, 0.25) is 0 Å². The van der Waals surface area contributed by atoms with E-state index in [0.717, 1.165) is 6.42 Å². The Balaban J connectivity index is 1.52. The zero-order valence-electron chi connectivity index (χ0n) is 16.6. The smallest absolute Gasteiger partial charge is 0.269 e. The number of carbonyl (C=O) groups excluding carboxylic acids is 2. The summed E-state index contributed by atoms with van der Waals surface area (Å²) in [5.74, 6) is 0.197. The van der Waals surface area contributed by atoms with E-state index in [0.29, 0.717) is 41.3 Å². The van der Waals surface area contributed by atoms with E-state index in [-0.39, 0.29) is 17.5 Å². The molecule has 0 radical (unpaired) electrons. The Morgan fingerprint density at radius 1 is 1.23 bits per heavy atom. The molecule has 1 aliphatic rings. The van der Waals surface area contributed by atoms with Crippen molar-refractivity contribution in [3.05, 3.63) is 70.5 Å². The maximum atomic E-state index is 12.7. The second-order valence-corrected chi connectivity index (χ2v) is 6.94. The second kappa shape index (κ2) is 8.27. The molecule has 0 saturated carbocycles. The van der Waals surface area contributed by atoms with Crippen LogP contribution in [0.5, 0.6) is 5.75 Å². The van der Waals surface area contributed by atoms with Crippen LogP contribution < -0.4 is 15.0 Å². The van der Waals surface area contributed by atoms with E-state index in [1.54, 1.807) is 35.2 Å². The summed E-state index contributed by atoms with van der Waals surface area (Å²) in [6.07, 6.45) is 4.21. The van der Waals surface area contributed by atoms with Gasteiger partial charge in [-0.3, -0.25) is 19.7 Å². The maximum Gasteiger partial charge on any atom is 0.269 e. The lowest BCUT2D eigenvalue weighted by Crippen LogP contribution is -2.24. The summed E-state index contributed by atoms with van der Waals surface area (Å²) in [6, 6.07) is 11.0. The number of rotatable bonds is 6. The SMILES string of the molecule is COc1ccc(NC(=O)c2cnn(-c3ccc([N+](=O)[O-])cc3)c2)cc1N1CCCC1=O. The van der Waals surface area contributed by atoms with Crippen LogP contribution in [-0.2, 0) is 4.79 Å². The maximum absolute atomic E-state index is 12.7. The molecule has 0 unspecified atom stereocenters. The number of nitro benzene ring substituents is 1. The number of nitrogens with one attached hydrogen (secondary N) is 1. The Morgan fingerprint density at radius 3 is 2.65 bits per heavy atom. The van der Waals surface area contributed by atoms with Crippen LogP contribution in [0.1, 0.15) is 23.2 Å². The fourth-order valence-corrected chi connectivity index (χ4v) is 3.39. The van der Waals surface area contributed by atoms with E-state index in [1.807, 2.05) is 0 Å². The molecule has 2 heterocycles. The molecule has 4 rings (SSSR count). The Hall–Kier alpha value is -4.21. The van der Waals surface area contributed by atoms with Gasteiger partial charge in [0.15, 0.2) is 0 Å². The van der Waals surface area contributed by atoms with Gasteiger partial charge in [-0.1, -0.05) is 0 Å². The van der Waals surface area contributed by atoms with Gasteiger partial charge in [-0.2, -0.15) is 5.10 Å². The van der Waals surface area contributed by atoms with Crippen molar-refractivity contribution in [3.8, 4) is 11.4 Å². The number of methoxy groups -OCH3 is 1. The first-order valence-electron chi connectivity index (χ1n) is 9.55. The van der Waals surface area contributed by atoms with E-state index in [1.165, 1.54) is 36.3 Å². The lowest BCUT2D eigenvalue weighted by molar-refractivity contribution is -0.384. The molecular formula is C21H19N5O5. The molecule has 1 aromatic heterocycles. The van der Waals surface area contributed by atoms with Crippen molar-refractivity contribution in [1.82, 2.24) is 9.78 Å². The number of non-ortho nitro benzene ring substituents is 1. The van der Waals surface area contributed by atoms with E-state index >= 15 is 0 Å². The summed E-state index contributed by atoms with van der Waals surface area (Å²) in [7, 11) is 1.53. The van der Waals surface area contributed by atoms with Crippen LogP contribution >= 0.6 is 0 Å². The first-order valence-corrected chi connectivity index (χ1v) is 9.55. The van der Waals surface area contributed by atoms with Crippen molar-refractivity contribution >= 4 is 28.9 Å². The number of nitro groups is 1. The highest BCUT2D eigenvalue weighted by Gasteiger charge is 2.25. The first-order chi connectivity index (χ1) is 15.0. The van der Waals surface area contributed by atoms with Gasteiger partial charge in [0.1, 0.15) is 5.75 Å². The van der Waals surface area contributed by atoms with Gasteiger partial charge in [-0.05, 0) is 36.8 Å². The number of carbonyl (C=O) groups is 2. The third-order valence-corrected chi connectivity index (χ3v) is 4.97. The van der Waals surface area contributed by atoms with Crippen LogP contribution in [0, 0.1) is 10.1 Å². The number of amides is 2. The summed E-state index contributed by atoms with van der Waals surface area (Å²) in [6.45, 7) is 0.606. The Kier molecular flexibility index (Phi) is 5.35. The highest BCUT2D eigenvalue weighted by atomic mass is 16.6. The molecule has 158 valence electrons. The van der Waals surface area contributed by atoms with Gasteiger partial charge in [0.05, 0.1) is 35.2 Å². The fraction of sp³-hybridized carbons (Fsp3) is 0.190. The summed E-state index contributed by atoms with van der Waals surface area (Å²) < 4.78 is 6.82. The number of nitrogens with zero attached hydrogens (tertiary/aromatic N) is 4. The van der Waals surface area contributed by atoms with Crippen LogP contribution in [0.15, 0.2) is 54.9 Å². The van der Waals surface area contributed by atoms with E-state index < -0.39 is 4.92 Å². The molecule has 10 nitrogen and oxygen atoms in total. The summed E-state index contributed by atoms with van der Waals surface area (Å²) in [5.41, 5.74) is 2.01. The van der Waals surface area contributed by atoms with Crippen LogP contribution in [-0.4, -0.2) is 40.2 Å². The number of hydrogen-bond acceptors (Lipinski definition) is 6. The number of benzene rings is 2. The number of anilines is 2. The van der Waals surface area contributed by atoms with Crippen molar-refractivity contribution in [2.45, 2.75) is 12.8 Å². The van der Waals surface area contributed by atoms with Crippen LogP contribution in [0.4, 0.5) is 17.1 Å². The van der Waals surface area contributed by atoms with Gasteiger partial charge < -0.3 is 15.0 Å².